The number of carbonyl (C=O) groups is 2. The van der Waals surface area contributed by atoms with Gasteiger partial charge in [0.1, 0.15) is 12.4 Å². The number of ether oxygens (including phenoxy) is 2. The quantitative estimate of drug-likeness (QED) is 0.535. The monoisotopic (exact) mass is 245 g/mol. The van der Waals surface area contributed by atoms with Gasteiger partial charge >= 0.3 is 0 Å². The van der Waals surface area contributed by atoms with E-state index in [0.717, 1.165) is 0 Å². The number of rotatable bonds is 11. The summed E-state index contributed by atoms with van der Waals surface area (Å²) >= 11 is 0. The van der Waals surface area contributed by atoms with Crippen LogP contribution in [-0.2, 0) is 19.1 Å². The summed E-state index contributed by atoms with van der Waals surface area (Å²) in [5.74, 6) is 0.289. The molecule has 0 bridgehead atoms. The maximum Gasteiger partial charge on any atom is 0.155 e. The van der Waals surface area contributed by atoms with E-state index in [1.807, 2.05) is 13.8 Å². The second-order valence-electron chi connectivity index (χ2n) is 4.16. The van der Waals surface area contributed by atoms with Crippen LogP contribution in [0.1, 0.15) is 20.8 Å². The molecule has 0 fully saturated rings. The van der Waals surface area contributed by atoms with E-state index in [1.54, 1.807) is 0 Å². The molecule has 0 spiro atoms. The smallest absolute Gasteiger partial charge is 0.155 e. The van der Waals surface area contributed by atoms with Gasteiger partial charge in [-0.2, -0.15) is 0 Å². The Morgan fingerprint density at radius 3 is 2.35 bits per heavy atom. The molecule has 0 aliphatic heterocycles. The largest absolute Gasteiger partial charge is 0.378 e. The van der Waals surface area contributed by atoms with Gasteiger partial charge in [-0.05, 0) is 6.92 Å². The lowest BCUT2D eigenvalue weighted by atomic mass is 10.1. The molecule has 0 aromatic heterocycles. The first-order chi connectivity index (χ1) is 8.04. The molecule has 0 aromatic carbocycles. The fourth-order valence-electron chi connectivity index (χ4n) is 0.996. The Balaban J connectivity index is 3.14. The van der Waals surface area contributed by atoms with Crippen molar-refractivity contribution in [3.63, 3.8) is 0 Å². The van der Waals surface area contributed by atoms with E-state index >= 15 is 0 Å². The molecule has 5 heteroatoms. The van der Waals surface area contributed by atoms with E-state index in [-0.39, 0.29) is 24.1 Å². The molecule has 5 nitrogen and oxygen atoms in total. The highest BCUT2D eigenvalue weighted by Crippen LogP contribution is 1.91. The maximum atomic E-state index is 11.2. The predicted molar refractivity (Wildman–Crippen MR) is 65.0 cm³/mol. The van der Waals surface area contributed by atoms with Gasteiger partial charge in [0, 0.05) is 12.5 Å². The van der Waals surface area contributed by atoms with Crippen LogP contribution in [0.3, 0.4) is 0 Å². The van der Waals surface area contributed by atoms with Gasteiger partial charge in [0.15, 0.2) is 5.78 Å². The average Bonchev–Trinajstić information content (AvgIpc) is 2.25. The molecular formula is C12H23NO4. The SMILES string of the molecule is CC(=O)COCCOCCNCC(=O)C(C)C. The number of carbonyl (C=O) groups excluding carboxylic acids is 2. The Morgan fingerprint density at radius 1 is 1.12 bits per heavy atom. The second-order valence-corrected chi connectivity index (χ2v) is 4.16. The number of Topliss-reactive ketones (excluding diaryl/α,β-unsaturated/α-hetero) is 2. The summed E-state index contributed by atoms with van der Waals surface area (Å²) in [7, 11) is 0. The first-order valence-corrected chi connectivity index (χ1v) is 5.92. The van der Waals surface area contributed by atoms with Crippen molar-refractivity contribution in [2.24, 2.45) is 5.92 Å². The van der Waals surface area contributed by atoms with Crippen molar-refractivity contribution < 1.29 is 19.1 Å². The van der Waals surface area contributed by atoms with Crippen LogP contribution >= 0.6 is 0 Å². The zero-order chi connectivity index (χ0) is 13.1. The lowest BCUT2D eigenvalue weighted by Gasteiger charge is -2.07. The molecule has 0 rings (SSSR count). The lowest BCUT2D eigenvalue weighted by Crippen LogP contribution is -2.29. The minimum absolute atomic E-state index is 0.0128. The second kappa shape index (κ2) is 10.4. The average molecular weight is 245 g/mol. The third kappa shape index (κ3) is 11.5. The van der Waals surface area contributed by atoms with E-state index in [0.29, 0.717) is 32.9 Å². The highest BCUT2D eigenvalue weighted by molar-refractivity contribution is 5.82. The normalized spacial score (nSPS) is 10.8. The van der Waals surface area contributed by atoms with Gasteiger partial charge in [0.2, 0.25) is 0 Å². The van der Waals surface area contributed by atoms with E-state index < -0.39 is 0 Å². The molecule has 17 heavy (non-hydrogen) atoms. The van der Waals surface area contributed by atoms with Crippen molar-refractivity contribution in [1.82, 2.24) is 5.32 Å². The Hall–Kier alpha value is -0.780. The first kappa shape index (κ1) is 16.2. The van der Waals surface area contributed by atoms with E-state index in [4.69, 9.17) is 9.47 Å². The first-order valence-electron chi connectivity index (χ1n) is 5.92. The summed E-state index contributed by atoms with van der Waals surface area (Å²) < 4.78 is 10.3. The standard InChI is InChI=1S/C12H23NO4/c1-10(2)12(15)8-13-4-5-16-6-7-17-9-11(3)14/h10,13H,4-9H2,1-3H3. The molecule has 0 amide bonds. The van der Waals surface area contributed by atoms with Crippen molar-refractivity contribution in [3.05, 3.63) is 0 Å². The third-order valence-electron chi connectivity index (χ3n) is 2.04. The van der Waals surface area contributed by atoms with Crippen molar-refractivity contribution in [2.75, 3.05) is 39.5 Å². The van der Waals surface area contributed by atoms with Gasteiger partial charge in [-0.15, -0.1) is 0 Å². The number of ketones is 2. The summed E-state index contributed by atoms with van der Waals surface area (Å²) in [5.41, 5.74) is 0. The van der Waals surface area contributed by atoms with Gasteiger partial charge in [0.05, 0.1) is 26.4 Å². The number of nitrogens with one attached hydrogen (secondary N) is 1. The van der Waals surface area contributed by atoms with Crippen LogP contribution in [-0.4, -0.2) is 51.1 Å². The van der Waals surface area contributed by atoms with Crippen LogP contribution in [0.4, 0.5) is 0 Å². The summed E-state index contributed by atoms with van der Waals surface area (Å²) in [6.45, 7) is 7.85. The fraction of sp³-hybridized carbons (Fsp3) is 0.833. The maximum absolute atomic E-state index is 11.2. The van der Waals surface area contributed by atoms with Gasteiger partial charge in [-0.25, -0.2) is 0 Å². The van der Waals surface area contributed by atoms with Gasteiger partial charge in [-0.1, -0.05) is 13.8 Å². The van der Waals surface area contributed by atoms with E-state index in [9.17, 15) is 9.59 Å². The molecule has 0 radical (unpaired) electrons. The Kier molecular flexibility index (Phi) is 9.90. The van der Waals surface area contributed by atoms with Crippen molar-refractivity contribution in [2.45, 2.75) is 20.8 Å². The molecule has 0 unspecified atom stereocenters. The van der Waals surface area contributed by atoms with Crippen LogP contribution in [0.15, 0.2) is 0 Å². The number of hydrogen-bond donors (Lipinski definition) is 1. The van der Waals surface area contributed by atoms with Crippen molar-refractivity contribution in [3.8, 4) is 0 Å². The topological polar surface area (TPSA) is 64.6 Å². The molecule has 0 aliphatic rings. The third-order valence-corrected chi connectivity index (χ3v) is 2.04. The molecule has 0 atom stereocenters. The summed E-state index contributed by atoms with van der Waals surface area (Å²) in [6.07, 6.45) is 0. The minimum Gasteiger partial charge on any atom is -0.378 e. The summed E-state index contributed by atoms with van der Waals surface area (Å²) in [6, 6.07) is 0. The molecule has 0 saturated carbocycles. The zero-order valence-electron chi connectivity index (χ0n) is 11.0. The molecule has 0 heterocycles. The van der Waals surface area contributed by atoms with Crippen LogP contribution < -0.4 is 5.32 Å². The van der Waals surface area contributed by atoms with Crippen LogP contribution in [0.25, 0.3) is 0 Å². The van der Waals surface area contributed by atoms with Crippen molar-refractivity contribution in [1.29, 1.82) is 0 Å². The van der Waals surface area contributed by atoms with Gasteiger partial charge in [0.25, 0.3) is 0 Å². The molecular weight excluding hydrogens is 222 g/mol. The van der Waals surface area contributed by atoms with Crippen LogP contribution in [0, 0.1) is 5.92 Å². The molecule has 0 saturated heterocycles. The van der Waals surface area contributed by atoms with Crippen LogP contribution in [0.2, 0.25) is 0 Å². The Labute approximate surface area is 103 Å². The lowest BCUT2D eigenvalue weighted by molar-refractivity contribution is -0.122. The fourth-order valence-corrected chi connectivity index (χ4v) is 0.996. The summed E-state index contributed by atoms with van der Waals surface area (Å²) in [5, 5.41) is 3.01. The van der Waals surface area contributed by atoms with Crippen LogP contribution in [0.5, 0.6) is 0 Å². The van der Waals surface area contributed by atoms with Gasteiger partial charge < -0.3 is 14.8 Å². The van der Waals surface area contributed by atoms with E-state index in [1.165, 1.54) is 6.92 Å². The van der Waals surface area contributed by atoms with Gasteiger partial charge in [-0.3, -0.25) is 9.59 Å². The van der Waals surface area contributed by atoms with Crippen molar-refractivity contribution >= 4 is 11.6 Å². The summed E-state index contributed by atoms with van der Waals surface area (Å²) in [4.78, 5) is 21.8. The predicted octanol–water partition coefficient (Wildman–Crippen LogP) is 0.423. The zero-order valence-corrected chi connectivity index (χ0v) is 11.0. The van der Waals surface area contributed by atoms with E-state index in [2.05, 4.69) is 5.32 Å². The number of hydrogen-bond acceptors (Lipinski definition) is 5. The Bertz CT molecular complexity index is 229. The molecule has 0 aliphatic carbocycles. The Morgan fingerprint density at radius 2 is 1.76 bits per heavy atom. The highest BCUT2D eigenvalue weighted by Gasteiger charge is 2.05. The highest BCUT2D eigenvalue weighted by atomic mass is 16.5. The minimum atomic E-state index is 0.0128. The molecule has 0 aromatic rings. The molecule has 100 valence electrons. The molecule has 1 N–H and O–H groups in total.